The summed E-state index contributed by atoms with van der Waals surface area (Å²) in [6.45, 7) is 6.63. The highest BCUT2D eigenvalue weighted by Gasteiger charge is 2.19. The van der Waals surface area contributed by atoms with Gasteiger partial charge in [0.25, 0.3) is 0 Å². The molecule has 0 saturated heterocycles. The van der Waals surface area contributed by atoms with Crippen molar-refractivity contribution < 1.29 is 28.6 Å². The monoisotopic (exact) mass is 791 g/mol. The zero-order chi connectivity index (χ0) is 40.8. The molecule has 0 fully saturated rings. The van der Waals surface area contributed by atoms with Crippen LogP contribution < -0.4 is 0 Å². The average Bonchev–Trinajstić information content (AvgIpc) is 3.19. The molecular formula is C50H94O6. The van der Waals surface area contributed by atoms with Crippen LogP contribution in [0.1, 0.15) is 271 Å². The summed E-state index contributed by atoms with van der Waals surface area (Å²) in [4.78, 5) is 37.8. The summed E-state index contributed by atoms with van der Waals surface area (Å²) in [7, 11) is 0. The first kappa shape index (κ1) is 54.2. The Labute approximate surface area is 348 Å². The van der Waals surface area contributed by atoms with E-state index < -0.39 is 6.10 Å². The second-order valence-corrected chi connectivity index (χ2v) is 16.7. The molecule has 0 amide bonds. The molecule has 0 saturated carbocycles. The van der Waals surface area contributed by atoms with Gasteiger partial charge in [-0.05, 0) is 44.9 Å². The Kier molecular flexibility index (Phi) is 44.3. The van der Waals surface area contributed by atoms with Crippen LogP contribution in [-0.2, 0) is 28.6 Å². The van der Waals surface area contributed by atoms with E-state index in [0.717, 1.165) is 64.2 Å². The summed E-state index contributed by atoms with van der Waals surface area (Å²) in [5.74, 6) is -0.865. The first-order valence-corrected chi connectivity index (χ1v) is 24.7. The summed E-state index contributed by atoms with van der Waals surface area (Å²) in [6, 6.07) is 0. The molecule has 0 aliphatic rings. The zero-order valence-corrected chi connectivity index (χ0v) is 37.7. The second kappa shape index (κ2) is 45.8. The van der Waals surface area contributed by atoms with Gasteiger partial charge in [0.05, 0.1) is 0 Å². The van der Waals surface area contributed by atoms with Crippen LogP contribution in [0, 0.1) is 0 Å². The highest BCUT2D eigenvalue weighted by molar-refractivity contribution is 5.71. The molecule has 0 aliphatic carbocycles. The van der Waals surface area contributed by atoms with E-state index in [1.54, 1.807) is 0 Å². The highest BCUT2D eigenvalue weighted by Crippen LogP contribution is 2.15. The van der Waals surface area contributed by atoms with Crippen LogP contribution in [0.4, 0.5) is 0 Å². The molecule has 6 nitrogen and oxygen atoms in total. The fourth-order valence-corrected chi connectivity index (χ4v) is 7.26. The maximum Gasteiger partial charge on any atom is 0.306 e. The maximum atomic E-state index is 12.7. The highest BCUT2D eigenvalue weighted by atomic mass is 16.6. The molecule has 0 radical (unpaired) electrons. The van der Waals surface area contributed by atoms with Gasteiger partial charge in [0.2, 0.25) is 0 Å². The van der Waals surface area contributed by atoms with Crippen LogP contribution >= 0.6 is 0 Å². The molecule has 0 aliphatic heterocycles. The quantitative estimate of drug-likeness (QED) is 0.0264. The van der Waals surface area contributed by atoms with Crippen LogP contribution in [0.2, 0.25) is 0 Å². The summed E-state index contributed by atoms with van der Waals surface area (Å²) in [5.41, 5.74) is 0. The lowest BCUT2D eigenvalue weighted by Crippen LogP contribution is -2.30. The summed E-state index contributed by atoms with van der Waals surface area (Å²) in [5, 5.41) is 0. The van der Waals surface area contributed by atoms with E-state index in [-0.39, 0.29) is 31.1 Å². The van der Waals surface area contributed by atoms with Crippen molar-refractivity contribution in [3.05, 3.63) is 12.2 Å². The number of unbranched alkanes of at least 4 members (excludes halogenated alkanes) is 32. The van der Waals surface area contributed by atoms with Crippen molar-refractivity contribution in [3.63, 3.8) is 0 Å². The molecular weight excluding hydrogens is 697 g/mol. The lowest BCUT2D eigenvalue weighted by Gasteiger charge is -2.18. The van der Waals surface area contributed by atoms with Gasteiger partial charge in [-0.3, -0.25) is 14.4 Å². The molecule has 56 heavy (non-hydrogen) atoms. The topological polar surface area (TPSA) is 78.9 Å². The third-order valence-corrected chi connectivity index (χ3v) is 11.0. The van der Waals surface area contributed by atoms with Crippen molar-refractivity contribution in [3.8, 4) is 0 Å². The van der Waals surface area contributed by atoms with Gasteiger partial charge in [-0.15, -0.1) is 0 Å². The van der Waals surface area contributed by atoms with Gasteiger partial charge in [-0.25, -0.2) is 0 Å². The fourth-order valence-electron chi connectivity index (χ4n) is 7.26. The lowest BCUT2D eigenvalue weighted by atomic mass is 10.0. The average molecular weight is 791 g/mol. The van der Waals surface area contributed by atoms with E-state index in [4.69, 9.17) is 14.2 Å². The Hall–Kier alpha value is -1.85. The Morgan fingerprint density at radius 3 is 0.893 bits per heavy atom. The smallest absolute Gasteiger partial charge is 0.306 e. The molecule has 0 aromatic carbocycles. The molecule has 6 heteroatoms. The van der Waals surface area contributed by atoms with Gasteiger partial charge >= 0.3 is 17.9 Å². The van der Waals surface area contributed by atoms with Gasteiger partial charge < -0.3 is 14.2 Å². The Balaban J connectivity index is 4.32. The SMILES string of the molecule is CCCCCCCC/C=C\CCCCCCCC(=O)OCC(COC(=O)CCCCCCCCCCCC)OC(=O)CCCCCCCCCCCCCCC. The van der Waals surface area contributed by atoms with Crippen LogP contribution in [0.3, 0.4) is 0 Å². The number of hydrogen-bond donors (Lipinski definition) is 0. The van der Waals surface area contributed by atoms with E-state index in [9.17, 15) is 14.4 Å². The number of carbonyl (C=O) groups is 3. The number of ether oxygens (including phenoxy) is 3. The second-order valence-electron chi connectivity index (χ2n) is 16.7. The van der Waals surface area contributed by atoms with Crippen molar-refractivity contribution in [2.24, 2.45) is 0 Å². The van der Waals surface area contributed by atoms with Crippen molar-refractivity contribution >= 4 is 17.9 Å². The van der Waals surface area contributed by atoms with Gasteiger partial charge in [0.15, 0.2) is 6.10 Å². The molecule has 0 heterocycles. The Morgan fingerprint density at radius 1 is 0.339 bits per heavy atom. The standard InChI is InChI=1S/C50H94O6/c1-4-7-10-13-16-19-22-24-25-27-28-31-34-37-40-43-49(52)55-46-47(45-54-48(51)42-39-36-33-30-21-18-15-12-9-6-3)56-50(53)44-41-38-35-32-29-26-23-20-17-14-11-8-5-2/h24-25,47H,4-23,26-46H2,1-3H3/b25-24-. The minimum atomic E-state index is -0.765. The summed E-state index contributed by atoms with van der Waals surface area (Å²) >= 11 is 0. The molecule has 1 atom stereocenters. The molecule has 1 unspecified atom stereocenters. The van der Waals surface area contributed by atoms with Gasteiger partial charge in [-0.1, -0.05) is 219 Å². The first-order chi connectivity index (χ1) is 27.5. The largest absolute Gasteiger partial charge is 0.462 e. The third-order valence-electron chi connectivity index (χ3n) is 11.0. The van der Waals surface area contributed by atoms with Crippen molar-refractivity contribution in [2.75, 3.05) is 13.2 Å². The van der Waals surface area contributed by atoms with Crippen LogP contribution in [0.25, 0.3) is 0 Å². The van der Waals surface area contributed by atoms with Crippen LogP contribution in [0.5, 0.6) is 0 Å². The van der Waals surface area contributed by atoms with Crippen molar-refractivity contribution in [1.82, 2.24) is 0 Å². The predicted octanol–water partition coefficient (Wildman–Crippen LogP) is 15.8. The van der Waals surface area contributed by atoms with E-state index in [0.29, 0.717) is 19.3 Å². The normalized spacial score (nSPS) is 12.0. The molecule has 0 spiro atoms. The summed E-state index contributed by atoms with van der Waals surface area (Å²) in [6.07, 6.45) is 49.0. The molecule has 0 aromatic heterocycles. The number of carbonyl (C=O) groups excluding carboxylic acids is 3. The summed E-state index contributed by atoms with van der Waals surface area (Å²) < 4.78 is 16.7. The number of esters is 3. The number of allylic oxidation sites excluding steroid dienone is 2. The van der Waals surface area contributed by atoms with Gasteiger partial charge in [0.1, 0.15) is 13.2 Å². The minimum absolute atomic E-state index is 0.0678. The van der Waals surface area contributed by atoms with E-state index >= 15 is 0 Å². The molecule has 0 aromatic rings. The minimum Gasteiger partial charge on any atom is -0.462 e. The third kappa shape index (κ3) is 43.3. The Bertz CT molecular complexity index is 870. The van der Waals surface area contributed by atoms with Crippen molar-refractivity contribution in [2.45, 2.75) is 277 Å². The lowest BCUT2D eigenvalue weighted by molar-refractivity contribution is -0.167. The zero-order valence-electron chi connectivity index (χ0n) is 37.7. The van der Waals surface area contributed by atoms with Crippen LogP contribution in [-0.4, -0.2) is 37.2 Å². The molecule has 330 valence electrons. The van der Waals surface area contributed by atoms with E-state index in [1.807, 2.05) is 0 Å². The Morgan fingerprint density at radius 2 is 0.589 bits per heavy atom. The predicted molar refractivity (Wildman–Crippen MR) is 238 cm³/mol. The first-order valence-electron chi connectivity index (χ1n) is 24.7. The molecule has 0 N–H and O–H groups in total. The molecule has 0 rings (SSSR count). The van der Waals surface area contributed by atoms with Gasteiger partial charge in [0, 0.05) is 19.3 Å². The fraction of sp³-hybridized carbons (Fsp3) is 0.900. The number of hydrogen-bond acceptors (Lipinski definition) is 6. The maximum absolute atomic E-state index is 12.7. The number of rotatable bonds is 45. The molecule has 0 bridgehead atoms. The van der Waals surface area contributed by atoms with Gasteiger partial charge in [-0.2, -0.15) is 0 Å². The van der Waals surface area contributed by atoms with E-state index in [2.05, 4.69) is 32.9 Å². The van der Waals surface area contributed by atoms with Crippen molar-refractivity contribution in [1.29, 1.82) is 0 Å². The van der Waals surface area contributed by atoms with E-state index in [1.165, 1.54) is 167 Å². The van der Waals surface area contributed by atoms with Crippen LogP contribution in [0.15, 0.2) is 12.2 Å².